The lowest BCUT2D eigenvalue weighted by molar-refractivity contribution is -0.146. The van der Waals surface area contributed by atoms with Crippen LogP contribution in [0.1, 0.15) is 37.7 Å². The molecule has 7 nitrogen and oxygen atoms in total. The second kappa shape index (κ2) is 10.4. The normalized spacial score (nSPS) is 21.1. The number of amides is 3. The summed E-state index contributed by atoms with van der Waals surface area (Å²) in [6.45, 7) is 0.434. The fourth-order valence-electron chi connectivity index (χ4n) is 4.81. The summed E-state index contributed by atoms with van der Waals surface area (Å²) in [5.41, 5.74) is 1.44. The van der Waals surface area contributed by atoms with Gasteiger partial charge < -0.3 is 9.88 Å². The SMILES string of the molecule is CSCCC(C(=O)Nc1ccc(Cn2ccccc2=O)cc1)N1C(=O)C2CCCCC2C1=O. The molecule has 8 heteroatoms. The van der Waals surface area contributed by atoms with Crippen LogP contribution < -0.4 is 10.9 Å². The minimum atomic E-state index is -0.800. The van der Waals surface area contributed by atoms with E-state index in [2.05, 4.69) is 5.32 Å². The Kier molecular flexibility index (Phi) is 7.33. The van der Waals surface area contributed by atoms with Crippen LogP contribution in [0.5, 0.6) is 0 Å². The molecule has 1 aromatic carbocycles. The number of imide groups is 1. The maximum Gasteiger partial charge on any atom is 0.250 e. The predicted octanol–water partition coefficient (Wildman–Crippen LogP) is 3.13. The first kappa shape index (κ1) is 23.3. The summed E-state index contributed by atoms with van der Waals surface area (Å²) >= 11 is 1.59. The molecule has 2 heterocycles. The number of fused-ring (bicyclic) bond motifs is 1. The van der Waals surface area contributed by atoms with Gasteiger partial charge in [-0.25, -0.2) is 0 Å². The summed E-state index contributed by atoms with van der Waals surface area (Å²) in [6, 6.07) is 11.5. The molecule has 0 radical (unpaired) electrons. The Balaban J connectivity index is 1.47. The largest absolute Gasteiger partial charge is 0.324 e. The van der Waals surface area contributed by atoms with Crippen molar-refractivity contribution in [3.63, 3.8) is 0 Å². The number of nitrogens with one attached hydrogen (secondary N) is 1. The number of likely N-dealkylation sites (tertiary alicyclic amines) is 1. The maximum absolute atomic E-state index is 13.2. The number of thioether (sulfide) groups is 1. The highest BCUT2D eigenvalue weighted by atomic mass is 32.2. The minimum Gasteiger partial charge on any atom is -0.324 e. The number of aromatic nitrogens is 1. The molecule has 3 unspecified atom stereocenters. The summed E-state index contributed by atoms with van der Waals surface area (Å²) < 4.78 is 1.61. The van der Waals surface area contributed by atoms with Gasteiger partial charge in [0.05, 0.1) is 18.4 Å². The van der Waals surface area contributed by atoms with Crippen LogP contribution in [0.2, 0.25) is 0 Å². The molecule has 1 aromatic heterocycles. The third-order valence-electron chi connectivity index (χ3n) is 6.56. The van der Waals surface area contributed by atoms with E-state index < -0.39 is 6.04 Å². The van der Waals surface area contributed by atoms with Gasteiger partial charge in [0, 0.05) is 18.0 Å². The number of pyridine rings is 1. The summed E-state index contributed by atoms with van der Waals surface area (Å²) in [4.78, 5) is 52.5. The van der Waals surface area contributed by atoms with Gasteiger partial charge in [-0.3, -0.25) is 24.1 Å². The zero-order valence-electron chi connectivity index (χ0n) is 18.7. The van der Waals surface area contributed by atoms with Crippen LogP contribution in [0, 0.1) is 11.8 Å². The standard InChI is InChI=1S/C25H29N3O4S/c1-33-15-13-21(28-24(31)19-6-2-3-7-20(19)25(28)32)23(30)26-18-11-9-17(10-12-18)16-27-14-5-4-8-22(27)29/h4-5,8-12,14,19-21H,2-3,6-7,13,15-16H2,1H3,(H,26,30). The number of carbonyl (C=O) groups is 3. The second-order valence-corrected chi connectivity index (χ2v) is 9.68. The third kappa shape index (κ3) is 5.05. The van der Waals surface area contributed by atoms with Crippen LogP contribution in [-0.2, 0) is 20.9 Å². The molecular formula is C25H29N3O4S. The summed E-state index contributed by atoms with van der Waals surface area (Å²) in [5.74, 6) is -0.566. The Labute approximate surface area is 197 Å². The minimum absolute atomic E-state index is 0.0768. The molecule has 0 bridgehead atoms. The molecule has 1 aliphatic heterocycles. The summed E-state index contributed by atoms with van der Waals surface area (Å²) in [5, 5.41) is 2.89. The molecule has 2 fully saturated rings. The van der Waals surface area contributed by atoms with Crippen LogP contribution in [0.25, 0.3) is 0 Å². The fraction of sp³-hybridized carbons (Fsp3) is 0.440. The number of rotatable bonds is 8. The zero-order valence-corrected chi connectivity index (χ0v) is 19.6. The van der Waals surface area contributed by atoms with E-state index in [1.165, 1.54) is 11.0 Å². The van der Waals surface area contributed by atoms with Crippen molar-refractivity contribution in [2.45, 2.75) is 44.7 Å². The molecule has 0 spiro atoms. The summed E-state index contributed by atoms with van der Waals surface area (Å²) in [7, 11) is 0. The van der Waals surface area contributed by atoms with Crippen molar-refractivity contribution in [1.29, 1.82) is 0 Å². The van der Waals surface area contributed by atoms with Crippen molar-refractivity contribution in [2.24, 2.45) is 11.8 Å². The molecular weight excluding hydrogens is 438 g/mol. The number of anilines is 1. The lowest BCUT2D eigenvalue weighted by atomic mass is 9.81. The monoisotopic (exact) mass is 467 g/mol. The van der Waals surface area contributed by atoms with Crippen LogP contribution in [-0.4, -0.2) is 45.2 Å². The van der Waals surface area contributed by atoms with Crippen molar-refractivity contribution in [2.75, 3.05) is 17.3 Å². The van der Waals surface area contributed by atoms with Crippen LogP contribution in [0.3, 0.4) is 0 Å². The predicted molar refractivity (Wildman–Crippen MR) is 129 cm³/mol. The Hall–Kier alpha value is -2.87. The number of hydrogen-bond acceptors (Lipinski definition) is 5. The number of hydrogen-bond donors (Lipinski definition) is 1. The van der Waals surface area contributed by atoms with Gasteiger partial charge in [-0.2, -0.15) is 11.8 Å². The fourth-order valence-corrected chi connectivity index (χ4v) is 5.27. The maximum atomic E-state index is 13.2. The average Bonchev–Trinajstić information content (AvgIpc) is 3.07. The third-order valence-corrected chi connectivity index (χ3v) is 7.20. The smallest absolute Gasteiger partial charge is 0.250 e. The van der Waals surface area contributed by atoms with E-state index in [0.29, 0.717) is 24.4 Å². The van der Waals surface area contributed by atoms with Crippen LogP contribution in [0.4, 0.5) is 5.69 Å². The van der Waals surface area contributed by atoms with Gasteiger partial charge in [0.15, 0.2) is 0 Å². The van der Waals surface area contributed by atoms with E-state index in [1.54, 1.807) is 40.7 Å². The van der Waals surface area contributed by atoms with E-state index in [-0.39, 0.29) is 35.1 Å². The zero-order chi connectivity index (χ0) is 23.4. The van der Waals surface area contributed by atoms with Gasteiger partial charge in [0.1, 0.15) is 6.04 Å². The molecule has 1 N–H and O–H groups in total. The Morgan fingerprint density at radius 3 is 2.30 bits per heavy atom. The number of benzene rings is 1. The van der Waals surface area contributed by atoms with E-state index >= 15 is 0 Å². The first-order chi connectivity index (χ1) is 16.0. The molecule has 2 aliphatic rings. The van der Waals surface area contributed by atoms with Gasteiger partial charge in [-0.1, -0.05) is 31.0 Å². The first-order valence-electron chi connectivity index (χ1n) is 11.4. The second-order valence-electron chi connectivity index (χ2n) is 8.69. The molecule has 1 aliphatic carbocycles. The average molecular weight is 468 g/mol. The van der Waals surface area contributed by atoms with Crippen molar-refractivity contribution in [3.8, 4) is 0 Å². The lowest BCUT2D eigenvalue weighted by Crippen LogP contribution is -2.48. The van der Waals surface area contributed by atoms with E-state index in [9.17, 15) is 19.2 Å². The van der Waals surface area contributed by atoms with Gasteiger partial charge in [0.2, 0.25) is 17.7 Å². The van der Waals surface area contributed by atoms with Crippen LogP contribution >= 0.6 is 11.8 Å². The molecule has 2 aromatic rings. The van der Waals surface area contributed by atoms with Crippen molar-refractivity contribution < 1.29 is 14.4 Å². The van der Waals surface area contributed by atoms with Gasteiger partial charge in [-0.05, 0) is 55.0 Å². The van der Waals surface area contributed by atoms with E-state index in [1.807, 2.05) is 24.5 Å². The molecule has 33 heavy (non-hydrogen) atoms. The topological polar surface area (TPSA) is 88.5 Å². The van der Waals surface area contributed by atoms with E-state index in [4.69, 9.17) is 0 Å². The molecule has 1 saturated heterocycles. The molecule has 3 amide bonds. The van der Waals surface area contributed by atoms with E-state index in [0.717, 1.165) is 31.2 Å². The van der Waals surface area contributed by atoms with Crippen LogP contribution in [0.15, 0.2) is 53.5 Å². The van der Waals surface area contributed by atoms with Crippen molar-refractivity contribution >= 4 is 35.2 Å². The van der Waals surface area contributed by atoms with Crippen molar-refractivity contribution in [3.05, 3.63) is 64.6 Å². The van der Waals surface area contributed by atoms with Crippen molar-refractivity contribution in [1.82, 2.24) is 9.47 Å². The number of nitrogens with zero attached hydrogens (tertiary/aromatic N) is 2. The van der Waals surface area contributed by atoms with Gasteiger partial charge >= 0.3 is 0 Å². The lowest BCUT2D eigenvalue weighted by Gasteiger charge is -2.26. The Bertz CT molecular complexity index is 1060. The van der Waals surface area contributed by atoms with Gasteiger partial charge in [0.25, 0.3) is 5.56 Å². The molecule has 4 rings (SSSR count). The Morgan fingerprint density at radius 1 is 1.03 bits per heavy atom. The highest BCUT2D eigenvalue weighted by molar-refractivity contribution is 7.98. The summed E-state index contributed by atoms with van der Waals surface area (Å²) in [6.07, 6.45) is 7.48. The Morgan fingerprint density at radius 2 is 1.70 bits per heavy atom. The first-order valence-corrected chi connectivity index (χ1v) is 12.8. The molecule has 1 saturated carbocycles. The molecule has 3 atom stereocenters. The highest BCUT2D eigenvalue weighted by Gasteiger charge is 2.51. The quantitative estimate of drug-likeness (QED) is 0.603. The van der Waals surface area contributed by atoms with Gasteiger partial charge in [-0.15, -0.1) is 0 Å². The molecule has 174 valence electrons. The highest BCUT2D eigenvalue weighted by Crippen LogP contribution is 2.39. The number of carbonyl (C=O) groups excluding carboxylic acids is 3.